The van der Waals surface area contributed by atoms with Gasteiger partial charge < -0.3 is 10.1 Å². The molecule has 1 saturated heterocycles. The summed E-state index contributed by atoms with van der Waals surface area (Å²) in [6.45, 7) is 6.16. The lowest BCUT2D eigenvalue weighted by Gasteiger charge is -2.07. The first-order valence-corrected chi connectivity index (χ1v) is 7.52. The van der Waals surface area contributed by atoms with Crippen LogP contribution in [0.2, 0.25) is 0 Å². The van der Waals surface area contributed by atoms with Gasteiger partial charge in [0.1, 0.15) is 18.1 Å². The number of nitrogens with one attached hydrogen (secondary N) is 1. The Morgan fingerprint density at radius 3 is 2.76 bits per heavy atom. The summed E-state index contributed by atoms with van der Waals surface area (Å²) in [6.07, 6.45) is 3.34. The fraction of sp³-hybridized carbons (Fsp3) is 0.200. The summed E-state index contributed by atoms with van der Waals surface area (Å²) >= 11 is 2.16. The Kier molecular flexibility index (Phi) is 5.00. The number of imide groups is 1. The van der Waals surface area contributed by atoms with E-state index in [-0.39, 0.29) is 17.6 Å². The van der Waals surface area contributed by atoms with Crippen molar-refractivity contribution in [3.8, 4) is 5.75 Å². The van der Waals surface area contributed by atoms with Crippen LogP contribution in [0, 0.1) is 3.57 Å². The van der Waals surface area contributed by atoms with Gasteiger partial charge >= 0.3 is 6.03 Å². The van der Waals surface area contributed by atoms with Crippen LogP contribution in [-0.4, -0.2) is 30.0 Å². The first-order chi connectivity index (χ1) is 10.1. The molecule has 1 aromatic carbocycles. The number of rotatable bonds is 5. The Balaban J connectivity index is 2.22. The van der Waals surface area contributed by atoms with Crippen LogP contribution in [0.15, 0.2) is 36.6 Å². The molecule has 0 atom stereocenters. The first-order valence-electron chi connectivity index (χ1n) is 6.44. The SMILES string of the molecule is C=CCOc1ccc(/C=C2/NC(=O)N(CC)C2=O)cc1I. The Morgan fingerprint density at radius 1 is 1.43 bits per heavy atom. The highest BCUT2D eigenvalue weighted by atomic mass is 127. The minimum absolute atomic E-state index is 0.289. The molecule has 0 aromatic heterocycles. The fourth-order valence-electron chi connectivity index (χ4n) is 1.90. The van der Waals surface area contributed by atoms with E-state index in [1.54, 1.807) is 19.1 Å². The Morgan fingerprint density at radius 2 is 2.19 bits per heavy atom. The number of carbonyl (C=O) groups excluding carboxylic acids is 2. The van der Waals surface area contributed by atoms with Gasteiger partial charge in [0.05, 0.1) is 3.57 Å². The molecule has 0 unspecified atom stereocenters. The second kappa shape index (κ2) is 6.75. The highest BCUT2D eigenvalue weighted by Gasteiger charge is 2.31. The topological polar surface area (TPSA) is 58.6 Å². The molecule has 6 heteroatoms. The zero-order valence-electron chi connectivity index (χ0n) is 11.6. The van der Waals surface area contributed by atoms with E-state index in [2.05, 4.69) is 34.5 Å². The number of benzene rings is 1. The summed E-state index contributed by atoms with van der Waals surface area (Å²) in [4.78, 5) is 24.7. The summed E-state index contributed by atoms with van der Waals surface area (Å²) < 4.78 is 6.42. The van der Waals surface area contributed by atoms with Crippen LogP contribution in [0.1, 0.15) is 12.5 Å². The minimum atomic E-state index is -0.380. The monoisotopic (exact) mass is 398 g/mol. The standard InChI is InChI=1S/C15H15IN2O3/c1-3-7-21-13-6-5-10(8-11(13)16)9-12-14(19)18(4-2)15(20)17-12/h3,5-6,8-9H,1,4,7H2,2H3,(H,17,20)/b12-9+. The quantitative estimate of drug-likeness (QED) is 0.359. The van der Waals surface area contributed by atoms with Crippen molar-refractivity contribution < 1.29 is 14.3 Å². The molecular formula is C15H15IN2O3. The summed E-state index contributed by atoms with van der Waals surface area (Å²) in [5.74, 6) is 0.458. The molecule has 0 saturated carbocycles. The summed E-state index contributed by atoms with van der Waals surface area (Å²) in [7, 11) is 0. The Hall–Kier alpha value is -1.83. The van der Waals surface area contributed by atoms with Gasteiger partial charge in [-0.3, -0.25) is 9.69 Å². The predicted octanol–water partition coefficient (Wildman–Crippen LogP) is 2.77. The number of halogens is 1. The highest BCUT2D eigenvalue weighted by molar-refractivity contribution is 14.1. The number of hydrogen-bond donors (Lipinski definition) is 1. The van der Waals surface area contributed by atoms with Crippen molar-refractivity contribution in [1.82, 2.24) is 10.2 Å². The average Bonchev–Trinajstić information content (AvgIpc) is 2.72. The molecule has 0 radical (unpaired) electrons. The number of likely N-dealkylation sites (N-methyl/N-ethyl adjacent to an activating group) is 1. The number of hydrogen-bond acceptors (Lipinski definition) is 3. The molecule has 5 nitrogen and oxygen atoms in total. The van der Waals surface area contributed by atoms with Crippen LogP contribution in [0.25, 0.3) is 6.08 Å². The maximum Gasteiger partial charge on any atom is 0.328 e. The van der Waals surface area contributed by atoms with E-state index in [0.29, 0.717) is 13.2 Å². The molecule has 110 valence electrons. The molecule has 0 aliphatic carbocycles. The molecule has 1 N–H and O–H groups in total. The second-order valence-electron chi connectivity index (χ2n) is 4.33. The lowest BCUT2D eigenvalue weighted by Crippen LogP contribution is -2.30. The van der Waals surface area contributed by atoms with Gasteiger partial charge in [-0.05, 0) is 53.3 Å². The van der Waals surface area contributed by atoms with Crippen LogP contribution in [0.4, 0.5) is 4.79 Å². The van der Waals surface area contributed by atoms with Crippen molar-refractivity contribution >= 4 is 40.6 Å². The van der Waals surface area contributed by atoms with E-state index >= 15 is 0 Å². The number of carbonyl (C=O) groups is 2. The predicted molar refractivity (Wildman–Crippen MR) is 88.7 cm³/mol. The van der Waals surface area contributed by atoms with E-state index in [1.165, 1.54) is 4.90 Å². The van der Waals surface area contributed by atoms with Crippen molar-refractivity contribution in [1.29, 1.82) is 0 Å². The molecule has 0 spiro atoms. The third-order valence-corrected chi connectivity index (χ3v) is 3.75. The highest BCUT2D eigenvalue weighted by Crippen LogP contribution is 2.24. The summed E-state index contributed by atoms with van der Waals surface area (Å²) in [5.41, 5.74) is 1.12. The molecule has 1 fully saturated rings. The van der Waals surface area contributed by atoms with Gasteiger partial charge in [0.25, 0.3) is 5.91 Å². The average molecular weight is 398 g/mol. The van der Waals surface area contributed by atoms with Gasteiger partial charge in [0, 0.05) is 6.54 Å². The van der Waals surface area contributed by atoms with E-state index in [9.17, 15) is 9.59 Å². The zero-order valence-corrected chi connectivity index (χ0v) is 13.7. The molecule has 1 aliphatic rings. The number of ether oxygens (including phenoxy) is 1. The van der Waals surface area contributed by atoms with E-state index in [0.717, 1.165) is 14.9 Å². The van der Waals surface area contributed by atoms with Crippen LogP contribution >= 0.6 is 22.6 Å². The van der Waals surface area contributed by atoms with Crippen molar-refractivity contribution in [2.75, 3.05) is 13.2 Å². The van der Waals surface area contributed by atoms with Crippen molar-refractivity contribution in [2.45, 2.75) is 6.92 Å². The normalized spacial score (nSPS) is 16.3. The van der Waals surface area contributed by atoms with Gasteiger partial charge in [-0.15, -0.1) is 0 Å². The number of nitrogens with zero attached hydrogens (tertiary/aromatic N) is 1. The molecule has 21 heavy (non-hydrogen) atoms. The van der Waals surface area contributed by atoms with E-state index in [4.69, 9.17) is 4.74 Å². The largest absolute Gasteiger partial charge is 0.488 e. The maximum atomic E-state index is 12.0. The third-order valence-electron chi connectivity index (χ3n) is 2.90. The van der Waals surface area contributed by atoms with Crippen molar-refractivity contribution in [3.63, 3.8) is 0 Å². The van der Waals surface area contributed by atoms with Crippen molar-refractivity contribution in [2.24, 2.45) is 0 Å². The first kappa shape index (κ1) is 15.6. The number of urea groups is 1. The minimum Gasteiger partial charge on any atom is -0.488 e. The summed E-state index contributed by atoms with van der Waals surface area (Å²) in [5, 5.41) is 2.57. The molecule has 2 rings (SSSR count). The number of amides is 3. The van der Waals surface area contributed by atoms with Gasteiger partial charge in [0.15, 0.2) is 0 Å². The molecular weight excluding hydrogens is 383 g/mol. The Labute approximate surface area is 136 Å². The third kappa shape index (κ3) is 3.44. The maximum absolute atomic E-state index is 12.0. The lowest BCUT2D eigenvalue weighted by atomic mass is 10.2. The van der Waals surface area contributed by atoms with Gasteiger partial charge in [-0.1, -0.05) is 18.7 Å². The molecule has 0 bridgehead atoms. The fourth-order valence-corrected chi connectivity index (χ4v) is 2.59. The molecule has 1 heterocycles. The Bertz CT molecular complexity index is 625. The molecule has 1 aliphatic heterocycles. The summed E-state index contributed by atoms with van der Waals surface area (Å²) in [6, 6.07) is 5.17. The molecule has 1 aromatic rings. The van der Waals surface area contributed by atoms with Crippen molar-refractivity contribution in [3.05, 3.63) is 45.7 Å². The smallest absolute Gasteiger partial charge is 0.328 e. The van der Waals surface area contributed by atoms with Crippen LogP contribution in [0.3, 0.4) is 0 Å². The van der Waals surface area contributed by atoms with E-state index < -0.39 is 0 Å². The lowest BCUT2D eigenvalue weighted by molar-refractivity contribution is -0.122. The van der Waals surface area contributed by atoms with Gasteiger partial charge in [0.2, 0.25) is 0 Å². The zero-order chi connectivity index (χ0) is 15.4. The van der Waals surface area contributed by atoms with Crippen LogP contribution in [0.5, 0.6) is 5.75 Å². The molecule has 3 amide bonds. The second-order valence-corrected chi connectivity index (χ2v) is 5.49. The van der Waals surface area contributed by atoms with Crippen LogP contribution < -0.4 is 10.1 Å². The van der Waals surface area contributed by atoms with Gasteiger partial charge in [-0.25, -0.2) is 4.79 Å². The van der Waals surface area contributed by atoms with Gasteiger partial charge in [-0.2, -0.15) is 0 Å². The van der Waals surface area contributed by atoms with E-state index in [1.807, 2.05) is 18.2 Å². The van der Waals surface area contributed by atoms with Crippen LogP contribution in [-0.2, 0) is 4.79 Å².